The molecule has 1 unspecified atom stereocenters. The highest BCUT2D eigenvalue weighted by Gasteiger charge is 2.19. The Balaban J connectivity index is 2.28. The smallest absolute Gasteiger partial charge is 0.193 e. The van der Waals surface area contributed by atoms with E-state index in [2.05, 4.69) is 54.9 Å². The average molecular weight is 313 g/mol. The predicted molar refractivity (Wildman–Crippen MR) is 94.5 cm³/mol. The minimum absolute atomic E-state index is 0.601. The van der Waals surface area contributed by atoms with E-state index >= 15 is 0 Å². The van der Waals surface area contributed by atoms with E-state index in [0.717, 1.165) is 45.2 Å². The highest BCUT2D eigenvalue weighted by molar-refractivity contribution is 5.79. The number of rotatable bonds is 8. The average Bonchev–Trinajstić information content (AvgIpc) is 2.94. The molecule has 0 spiro atoms. The summed E-state index contributed by atoms with van der Waals surface area (Å²) in [7, 11) is 3.97. The summed E-state index contributed by atoms with van der Waals surface area (Å²) in [6.45, 7) is 14.0. The maximum atomic E-state index is 5.45. The van der Waals surface area contributed by atoms with Crippen LogP contribution in [-0.4, -0.2) is 74.8 Å². The van der Waals surface area contributed by atoms with Crippen LogP contribution in [0.1, 0.15) is 40.5 Å². The molecule has 5 heteroatoms. The molecule has 1 atom stereocenters. The van der Waals surface area contributed by atoms with Gasteiger partial charge in [0, 0.05) is 58.3 Å². The summed E-state index contributed by atoms with van der Waals surface area (Å²) in [5.41, 5.74) is 0. The monoisotopic (exact) mass is 312 g/mol. The number of nitrogens with zero attached hydrogens (tertiary/aromatic N) is 3. The van der Waals surface area contributed by atoms with Gasteiger partial charge in [0.2, 0.25) is 0 Å². The highest BCUT2D eigenvalue weighted by atomic mass is 16.5. The van der Waals surface area contributed by atoms with Gasteiger partial charge < -0.3 is 15.0 Å². The van der Waals surface area contributed by atoms with Crippen molar-refractivity contribution in [2.45, 2.75) is 52.6 Å². The van der Waals surface area contributed by atoms with Gasteiger partial charge >= 0.3 is 0 Å². The third-order valence-electron chi connectivity index (χ3n) is 4.33. The zero-order chi connectivity index (χ0) is 16.5. The van der Waals surface area contributed by atoms with Crippen molar-refractivity contribution in [2.24, 2.45) is 10.9 Å². The second-order valence-electron chi connectivity index (χ2n) is 6.86. The lowest BCUT2D eigenvalue weighted by molar-refractivity contribution is 0.173. The molecular formula is C17H36N4O. The molecule has 1 aliphatic heterocycles. The van der Waals surface area contributed by atoms with Crippen LogP contribution in [0.5, 0.6) is 0 Å². The number of hydrogen-bond acceptors (Lipinski definition) is 3. The molecule has 0 radical (unpaired) electrons. The summed E-state index contributed by atoms with van der Waals surface area (Å²) < 4.78 is 5.45. The van der Waals surface area contributed by atoms with E-state index in [-0.39, 0.29) is 0 Å². The second kappa shape index (κ2) is 10.1. The van der Waals surface area contributed by atoms with Gasteiger partial charge in [-0.05, 0) is 40.5 Å². The number of ether oxygens (including phenoxy) is 1. The highest BCUT2D eigenvalue weighted by Crippen LogP contribution is 2.13. The van der Waals surface area contributed by atoms with Gasteiger partial charge in [-0.25, -0.2) is 0 Å². The first kappa shape index (κ1) is 19.2. The molecular weight excluding hydrogens is 276 g/mol. The first-order valence-corrected chi connectivity index (χ1v) is 8.71. The largest absolute Gasteiger partial charge is 0.381 e. The molecule has 0 aromatic heterocycles. The van der Waals surface area contributed by atoms with Gasteiger partial charge in [-0.2, -0.15) is 0 Å². The molecule has 0 aliphatic carbocycles. The van der Waals surface area contributed by atoms with Crippen molar-refractivity contribution >= 4 is 5.96 Å². The summed E-state index contributed by atoms with van der Waals surface area (Å²) in [5, 5.41) is 3.48. The van der Waals surface area contributed by atoms with Gasteiger partial charge in [0.05, 0.1) is 6.61 Å². The number of guanidine groups is 1. The molecule has 0 saturated carbocycles. The quantitative estimate of drug-likeness (QED) is 0.423. The normalized spacial score (nSPS) is 19.5. The van der Waals surface area contributed by atoms with Crippen LogP contribution in [0, 0.1) is 5.92 Å². The Morgan fingerprint density at radius 3 is 2.45 bits per heavy atom. The Morgan fingerprint density at radius 1 is 1.27 bits per heavy atom. The van der Waals surface area contributed by atoms with E-state index in [4.69, 9.17) is 4.74 Å². The Hall–Kier alpha value is -0.810. The van der Waals surface area contributed by atoms with Crippen LogP contribution >= 0.6 is 0 Å². The molecule has 5 nitrogen and oxygen atoms in total. The van der Waals surface area contributed by atoms with Crippen molar-refractivity contribution in [3.05, 3.63) is 0 Å². The molecule has 0 aromatic carbocycles. The zero-order valence-corrected chi connectivity index (χ0v) is 15.4. The van der Waals surface area contributed by atoms with Crippen molar-refractivity contribution in [1.29, 1.82) is 0 Å². The predicted octanol–water partition coefficient (Wildman–Crippen LogP) is 2.04. The fourth-order valence-electron chi connectivity index (χ4n) is 3.16. The van der Waals surface area contributed by atoms with Gasteiger partial charge in [-0.3, -0.25) is 9.89 Å². The summed E-state index contributed by atoms with van der Waals surface area (Å²) >= 11 is 0. The summed E-state index contributed by atoms with van der Waals surface area (Å²) in [6, 6.07) is 1.20. The SMILES string of the molecule is CN=C(NCCCN(C(C)C)C(C)C)N(C)CC1CCOC1. The van der Waals surface area contributed by atoms with Crippen molar-refractivity contribution in [1.82, 2.24) is 15.1 Å². The van der Waals surface area contributed by atoms with Crippen LogP contribution in [-0.2, 0) is 4.74 Å². The van der Waals surface area contributed by atoms with E-state index in [1.54, 1.807) is 0 Å². The molecule has 1 saturated heterocycles. The van der Waals surface area contributed by atoms with E-state index in [1.807, 2.05) is 7.05 Å². The fraction of sp³-hybridized carbons (Fsp3) is 0.941. The molecule has 1 fully saturated rings. The Labute approximate surface area is 137 Å². The Kier molecular flexibility index (Phi) is 8.79. The first-order valence-electron chi connectivity index (χ1n) is 8.71. The molecule has 0 aromatic rings. The van der Waals surface area contributed by atoms with E-state index < -0.39 is 0 Å². The molecule has 130 valence electrons. The summed E-state index contributed by atoms with van der Waals surface area (Å²) in [6.07, 6.45) is 2.30. The minimum Gasteiger partial charge on any atom is -0.381 e. The number of hydrogen-bond donors (Lipinski definition) is 1. The van der Waals surface area contributed by atoms with E-state index in [0.29, 0.717) is 18.0 Å². The first-order chi connectivity index (χ1) is 10.5. The fourth-order valence-corrected chi connectivity index (χ4v) is 3.16. The number of nitrogens with one attached hydrogen (secondary N) is 1. The molecule has 0 amide bonds. The third-order valence-corrected chi connectivity index (χ3v) is 4.33. The van der Waals surface area contributed by atoms with Gasteiger partial charge in [0.25, 0.3) is 0 Å². The van der Waals surface area contributed by atoms with E-state index in [1.165, 1.54) is 6.42 Å². The molecule has 1 N–H and O–H groups in total. The van der Waals surface area contributed by atoms with Gasteiger partial charge in [-0.1, -0.05) is 0 Å². The number of aliphatic imine (C=N–C) groups is 1. The van der Waals surface area contributed by atoms with Gasteiger partial charge in [0.15, 0.2) is 5.96 Å². The van der Waals surface area contributed by atoms with Crippen LogP contribution in [0.3, 0.4) is 0 Å². The third kappa shape index (κ3) is 6.53. The Bertz CT molecular complexity index is 317. The zero-order valence-electron chi connectivity index (χ0n) is 15.4. The lowest BCUT2D eigenvalue weighted by Gasteiger charge is -2.31. The molecule has 1 aliphatic rings. The van der Waals surface area contributed by atoms with Crippen molar-refractivity contribution in [2.75, 3.05) is 46.9 Å². The van der Waals surface area contributed by atoms with Crippen LogP contribution in [0.15, 0.2) is 4.99 Å². The van der Waals surface area contributed by atoms with Crippen LogP contribution in [0.2, 0.25) is 0 Å². The van der Waals surface area contributed by atoms with Crippen LogP contribution in [0.4, 0.5) is 0 Å². The summed E-state index contributed by atoms with van der Waals surface area (Å²) in [4.78, 5) is 9.15. The minimum atomic E-state index is 0.601. The standard InChI is InChI=1S/C17H36N4O/c1-14(2)21(15(3)4)10-7-9-19-17(18-5)20(6)12-16-8-11-22-13-16/h14-16H,7-13H2,1-6H3,(H,18,19). The maximum Gasteiger partial charge on any atom is 0.193 e. The second-order valence-corrected chi connectivity index (χ2v) is 6.86. The van der Waals surface area contributed by atoms with Crippen LogP contribution < -0.4 is 5.32 Å². The van der Waals surface area contributed by atoms with Gasteiger partial charge in [-0.15, -0.1) is 0 Å². The molecule has 1 rings (SSSR count). The lowest BCUT2D eigenvalue weighted by atomic mass is 10.1. The van der Waals surface area contributed by atoms with Crippen LogP contribution in [0.25, 0.3) is 0 Å². The summed E-state index contributed by atoms with van der Waals surface area (Å²) in [5.74, 6) is 1.63. The van der Waals surface area contributed by atoms with Crippen molar-refractivity contribution in [3.8, 4) is 0 Å². The Morgan fingerprint density at radius 2 is 1.95 bits per heavy atom. The molecule has 22 heavy (non-hydrogen) atoms. The van der Waals surface area contributed by atoms with E-state index in [9.17, 15) is 0 Å². The van der Waals surface area contributed by atoms with Crippen molar-refractivity contribution < 1.29 is 4.74 Å². The topological polar surface area (TPSA) is 40.1 Å². The maximum absolute atomic E-state index is 5.45. The van der Waals surface area contributed by atoms with Gasteiger partial charge in [0.1, 0.15) is 0 Å². The molecule has 1 heterocycles. The molecule has 0 bridgehead atoms. The van der Waals surface area contributed by atoms with Crippen molar-refractivity contribution in [3.63, 3.8) is 0 Å². The lowest BCUT2D eigenvalue weighted by Crippen LogP contribution is -2.43.